The molecule has 0 radical (unpaired) electrons. The highest BCUT2D eigenvalue weighted by Gasteiger charge is 2.19. The first-order chi connectivity index (χ1) is 12.0. The van der Waals surface area contributed by atoms with E-state index in [0.717, 1.165) is 0 Å². The number of nitrogens with one attached hydrogen (secondary N) is 1. The summed E-state index contributed by atoms with van der Waals surface area (Å²) in [6, 6.07) is 3.38. The number of hydrogen-bond acceptors (Lipinski definition) is 5. The van der Waals surface area contributed by atoms with Gasteiger partial charge in [0, 0.05) is 18.9 Å². The Bertz CT molecular complexity index is 888. The number of amides is 1. The van der Waals surface area contributed by atoms with Gasteiger partial charge in [0.25, 0.3) is 5.91 Å². The average Bonchev–Trinajstić information content (AvgIpc) is 3.19. The molecule has 1 amide bonds. The minimum atomic E-state index is -0.752. The predicted octanol–water partition coefficient (Wildman–Crippen LogP) is 1.70. The van der Waals surface area contributed by atoms with Gasteiger partial charge in [-0.3, -0.25) is 13.9 Å². The van der Waals surface area contributed by atoms with E-state index in [0.29, 0.717) is 35.1 Å². The van der Waals surface area contributed by atoms with Crippen LogP contribution in [0.15, 0.2) is 30.7 Å². The van der Waals surface area contributed by atoms with Crippen LogP contribution in [0.2, 0.25) is 5.02 Å². The fourth-order valence-corrected chi connectivity index (χ4v) is 2.55. The number of hydrogen-bond donors (Lipinski definition) is 2. The highest BCUT2D eigenvalue weighted by Crippen LogP contribution is 2.20. The van der Waals surface area contributed by atoms with Crippen molar-refractivity contribution in [3.8, 4) is 0 Å². The third kappa shape index (κ3) is 3.80. The van der Waals surface area contributed by atoms with Crippen LogP contribution in [0, 0.1) is 5.92 Å². The third-order valence-corrected chi connectivity index (χ3v) is 4.01. The van der Waals surface area contributed by atoms with E-state index < -0.39 is 6.10 Å². The van der Waals surface area contributed by atoms with Gasteiger partial charge in [0.1, 0.15) is 6.10 Å². The molecule has 0 saturated heterocycles. The minimum absolute atomic E-state index is 0.00854. The largest absolute Gasteiger partial charge is 0.385 e. The summed E-state index contributed by atoms with van der Waals surface area (Å²) in [6.07, 6.45) is 4.12. The molecule has 0 aliphatic rings. The van der Waals surface area contributed by atoms with Crippen molar-refractivity contribution < 1.29 is 9.90 Å². The van der Waals surface area contributed by atoms with Crippen molar-refractivity contribution in [2.75, 3.05) is 6.54 Å². The number of carbonyl (C=O) groups is 1. The molecule has 0 saturated carbocycles. The number of rotatable bonds is 6. The van der Waals surface area contributed by atoms with Crippen molar-refractivity contribution in [3.05, 3.63) is 47.1 Å². The maximum atomic E-state index is 12.3. The zero-order valence-corrected chi connectivity index (χ0v) is 14.7. The fraction of sp³-hybridized carbons (Fsp3) is 0.375. The first-order valence-electron chi connectivity index (χ1n) is 7.94. The highest BCUT2D eigenvalue weighted by molar-refractivity contribution is 6.30. The van der Waals surface area contributed by atoms with Crippen LogP contribution in [0.5, 0.6) is 0 Å². The normalized spacial score (nSPS) is 12.7. The SMILES string of the molecule is CC(C)C(O)c1nnc2ccc(C(=O)NCCn3cc(Cl)cn3)cn12. The zero-order chi connectivity index (χ0) is 18.0. The van der Waals surface area contributed by atoms with Crippen molar-refractivity contribution in [2.45, 2.75) is 26.5 Å². The van der Waals surface area contributed by atoms with E-state index in [1.807, 2.05) is 13.8 Å². The van der Waals surface area contributed by atoms with E-state index in [9.17, 15) is 9.90 Å². The molecule has 1 unspecified atom stereocenters. The lowest BCUT2D eigenvalue weighted by molar-refractivity contribution is 0.0950. The Morgan fingerprint density at radius 2 is 2.12 bits per heavy atom. The maximum Gasteiger partial charge on any atom is 0.252 e. The van der Waals surface area contributed by atoms with E-state index in [-0.39, 0.29) is 11.8 Å². The van der Waals surface area contributed by atoms with E-state index in [1.54, 1.807) is 39.8 Å². The van der Waals surface area contributed by atoms with Gasteiger partial charge < -0.3 is 10.4 Å². The predicted molar refractivity (Wildman–Crippen MR) is 92.4 cm³/mol. The highest BCUT2D eigenvalue weighted by atomic mass is 35.5. The molecule has 132 valence electrons. The molecule has 0 aliphatic carbocycles. The molecule has 0 fully saturated rings. The Labute approximate surface area is 149 Å². The van der Waals surface area contributed by atoms with Crippen molar-refractivity contribution in [3.63, 3.8) is 0 Å². The Balaban J connectivity index is 1.71. The fourth-order valence-electron chi connectivity index (χ4n) is 2.39. The maximum absolute atomic E-state index is 12.3. The molecule has 0 aromatic carbocycles. The molecule has 25 heavy (non-hydrogen) atoms. The first kappa shape index (κ1) is 17.4. The summed E-state index contributed by atoms with van der Waals surface area (Å²) in [7, 11) is 0. The lowest BCUT2D eigenvalue weighted by Gasteiger charge is -2.12. The molecule has 3 rings (SSSR count). The summed E-state index contributed by atoms with van der Waals surface area (Å²) in [4.78, 5) is 12.3. The Hall–Kier alpha value is -2.45. The number of aliphatic hydroxyl groups is 1. The molecule has 3 aromatic rings. The second-order valence-corrected chi connectivity index (χ2v) is 6.51. The van der Waals surface area contributed by atoms with Gasteiger partial charge in [-0.2, -0.15) is 5.10 Å². The molecule has 3 heterocycles. The third-order valence-electron chi connectivity index (χ3n) is 3.82. The Morgan fingerprint density at radius 1 is 1.32 bits per heavy atom. The summed E-state index contributed by atoms with van der Waals surface area (Å²) >= 11 is 5.80. The lowest BCUT2D eigenvalue weighted by Crippen LogP contribution is -2.27. The van der Waals surface area contributed by atoms with E-state index in [1.165, 1.54) is 0 Å². The zero-order valence-electron chi connectivity index (χ0n) is 13.9. The van der Waals surface area contributed by atoms with E-state index in [2.05, 4.69) is 20.6 Å². The van der Waals surface area contributed by atoms with E-state index >= 15 is 0 Å². The standard InChI is InChI=1S/C16H19ClN6O2/c1-10(2)14(24)15-21-20-13-4-3-11(8-23(13)15)16(25)18-5-6-22-9-12(17)7-19-22/h3-4,7-10,14,24H,5-6H2,1-2H3,(H,18,25). The van der Waals surface area contributed by atoms with Gasteiger partial charge in [-0.1, -0.05) is 25.4 Å². The van der Waals surface area contributed by atoms with Gasteiger partial charge in [-0.05, 0) is 18.1 Å². The molecule has 0 bridgehead atoms. The smallest absolute Gasteiger partial charge is 0.252 e. The first-order valence-corrected chi connectivity index (χ1v) is 8.32. The number of aliphatic hydroxyl groups excluding tert-OH is 1. The molecule has 8 nitrogen and oxygen atoms in total. The monoisotopic (exact) mass is 362 g/mol. The van der Waals surface area contributed by atoms with Crippen LogP contribution in [-0.4, -0.2) is 41.9 Å². The Morgan fingerprint density at radius 3 is 2.80 bits per heavy atom. The van der Waals surface area contributed by atoms with Gasteiger partial charge in [-0.15, -0.1) is 10.2 Å². The molecular weight excluding hydrogens is 344 g/mol. The number of fused-ring (bicyclic) bond motifs is 1. The molecule has 9 heteroatoms. The van der Waals surface area contributed by atoms with Crippen molar-refractivity contribution in [1.29, 1.82) is 0 Å². The summed E-state index contributed by atoms with van der Waals surface area (Å²) in [5.74, 6) is 0.190. The van der Waals surface area contributed by atoms with Crippen LogP contribution >= 0.6 is 11.6 Å². The summed E-state index contributed by atoms with van der Waals surface area (Å²) in [5, 5.41) is 25.7. The summed E-state index contributed by atoms with van der Waals surface area (Å²) < 4.78 is 3.30. The second-order valence-electron chi connectivity index (χ2n) is 6.07. The minimum Gasteiger partial charge on any atom is -0.385 e. The lowest BCUT2D eigenvalue weighted by atomic mass is 10.1. The number of pyridine rings is 1. The summed E-state index contributed by atoms with van der Waals surface area (Å²) in [6.45, 7) is 4.72. The molecule has 3 aromatic heterocycles. The number of carbonyl (C=O) groups excluding carboxylic acids is 1. The molecule has 2 N–H and O–H groups in total. The van der Waals surface area contributed by atoms with Gasteiger partial charge >= 0.3 is 0 Å². The van der Waals surface area contributed by atoms with Gasteiger partial charge in [0.05, 0.1) is 23.3 Å². The van der Waals surface area contributed by atoms with Crippen LogP contribution in [-0.2, 0) is 6.54 Å². The van der Waals surface area contributed by atoms with Gasteiger partial charge in [0.15, 0.2) is 11.5 Å². The van der Waals surface area contributed by atoms with E-state index in [4.69, 9.17) is 11.6 Å². The van der Waals surface area contributed by atoms with Crippen LogP contribution in [0.25, 0.3) is 5.65 Å². The molecule has 1 atom stereocenters. The number of nitrogens with zero attached hydrogens (tertiary/aromatic N) is 5. The quantitative estimate of drug-likeness (QED) is 0.695. The Kier molecular flexibility index (Phi) is 5.00. The van der Waals surface area contributed by atoms with Crippen LogP contribution in [0.1, 0.15) is 36.1 Å². The summed E-state index contributed by atoms with van der Waals surface area (Å²) in [5.41, 5.74) is 1.04. The number of aromatic nitrogens is 5. The van der Waals surface area contributed by atoms with Gasteiger partial charge in [0.2, 0.25) is 0 Å². The van der Waals surface area contributed by atoms with Crippen LogP contribution < -0.4 is 5.32 Å². The van der Waals surface area contributed by atoms with Crippen LogP contribution in [0.3, 0.4) is 0 Å². The van der Waals surface area contributed by atoms with Crippen molar-refractivity contribution in [2.24, 2.45) is 5.92 Å². The molecule has 0 aliphatic heterocycles. The molecule has 0 spiro atoms. The molecular formula is C16H19ClN6O2. The van der Waals surface area contributed by atoms with Crippen molar-refractivity contribution in [1.82, 2.24) is 29.7 Å². The van der Waals surface area contributed by atoms with Crippen molar-refractivity contribution >= 4 is 23.2 Å². The topological polar surface area (TPSA) is 97.3 Å². The van der Waals surface area contributed by atoms with Gasteiger partial charge in [-0.25, -0.2) is 0 Å². The van der Waals surface area contributed by atoms with Crippen LogP contribution in [0.4, 0.5) is 0 Å². The number of halogens is 1. The average molecular weight is 363 g/mol. The second kappa shape index (κ2) is 7.20.